The molecule has 0 bridgehead atoms. The second-order valence-electron chi connectivity index (χ2n) is 6.52. The number of benzene rings is 1. The first-order valence-electron chi connectivity index (χ1n) is 8.91. The van der Waals surface area contributed by atoms with Gasteiger partial charge in [0.25, 0.3) is 5.91 Å². The van der Waals surface area contributed by atoms with E-state index in [1.807, 2.05) is 13.2 Å². The lowest BCUT2D eigenvalue weighted by Crippen LogP contribution is -2.52. The number of carbonyl (C=O) groups is 2. The zero-order chi connectivity index (χ0) is 19.4. The van der Waals surface area contributed by atoms with Gasteiger partial charge in [-0.1, -0.05) is 0 Å². The van der Waals surface area contributed by atoms with Crippen molar-refractivity contribution in [3.05, 3.63) is 47.8 Å². The molecule has 0 saturated carbocycles. The highest BCUT2D eigenvalue weighted by molar-refractivity contribution is 5.94. The number of carbonyl (C=O) groups excluding carboxylic acids is 2. The number of aromatic nitrogens is 2. The Morgan fingerprint density at radius 3 is 2.21 bits per heavy atom. The predicted octanol–water partition coefficient (Wildman–Crippen LogP) is 1.10. The molecule has 1 unspecified atom stereocenters. The summed E-state index contributed by atoms with van der Waals surface area (Å²) in [5.41, 5.74) is 1.46. The Balaban J connectivity index is 0.00000280. The number of piperazine rings is 1. The second-order valence-corrected chi connectivity index (χ2v) is 6.52. The Labute approximate surface area is 170 Å². The zero-order valence-corrected chi connectivity index (χ0v) is 17.1. The fourth-order valence-corrected chi connectivity index (χ4v) is 3.25. The van der Waals surface area contributed by atoms with Crippen molar-refractivity contribution in [3.8, 4) is 5.75 Å². The number of ether oxygens (including phenoxy) is 1. The van der Waals surface area contributed by atoms with Gasteiger partial charge in [-0.05, 0) is 31.3 Å². The summed E-state index contributed by atoms with van der Waals surface area (Å²) in [6, 6.07) is 6.65. The summed E-state index contributed by atoms with van der Waals surface area (Å²) in [6.07, 6.45) is 3.53. The van der Waals surface area contributed by atoms with Crippen LogP contribution in [0.15, 0.2) is 36.7 Å². The molecule has 2 heterocycles. The van der Waals surface area contributed by atoms with Gasteiger partial charge in [-0.25, -0.2) is 0 Å². The molecule has 28 heavy (non-hydrogen) atoms. The molecule has 1 saturated heterocycles. The van der Waals surface area contributed by atoms with E-state index in [2.05, 4.69) is 10.4 Å². The van der Waals surface area contributed by atoms with Crippen LogP contribution in [-0.4, -0.2) is 71.7 Å². The first-order valence-corrected chi connectivity index (χ1v) is 8.91. The number of halogens is 1. The van der Waals surface area contributed by atoms with Gasteiger partial charge in [0.2, 0.25) is 5.91 Å². The Morgan fingerprint density at radius 1 is 1.11 bits per heavy atom. The number of likely N-dealkylation sites (N-methyl/N-ethyl adjacent to an activating group) is 1. The highest BCUT2D eigenvalue weighted by Crippen LogP contribution is 2.18. The SMILES string of the molecule is CNC(C(=O)N1CCN(C(=O)c2ccc(OC)cc2)CC1)c1cnn(C)c1.Cl. The fraction of sp³-hybridized carbons (Fsp3) is 0.421. The van der Waals surface area contributed by atoms with E-state index >= 15 is 0 Å². The molecule has 0 aliphatic carbocycles. The molecule has 9 heteroatoms. The van der Waals surface area contributed by atoms with Gasteiger partial charge in [-0.3, -0.25) is 14.3 Å². The summed E-state index contributed by atoms with van der Waals surface area (Å²) in [5, 5.41) is 7.20. The lowest BCUT2D eigenvalue weighted by Gasteiger charge is -2.36. The molecule has 1 aromatic heterocycles. The summed E-state index contributed by atoms with van der Waals surface area (Å²) in [4.78, 5) is 29.1. The molecule has 1 aromatic carbocycles. The van der Waals surface area contributed by atoms with Crippen LogP contribution < -0.4 is 10.1 Å². The Kier molecular flexibility index (Phi) is 7.42. The number of nitrogens with zero attached hydrogens (tertiary/aromatic N) is 4. The molecule has 0 spiro atoms. The topological polar surface area (TPSA) is 79.7 Å². The quantitative estimate of drug-likeness (QED) is 0.802. The van der Waals surface area contributed by atoms with Gasteiger partial charge < -0.3 is 19.9 Å². The summed E-state index contributed by atoms with van der Waals surface area (Å²) in [5.74, 6) is 0.694. The summed E-state index contributed by atoms with van der Waals surface area (Å²) in [6.45, 7) is 2.05. The maximum Gasteiger partial charge on any atom is 0.253 e. The minimum atomic E-state index is -0.428. The Hall–Kier alpha value is -2.58. The predicted molar refractivity (Wildman–Crippen MR) is 108 cm³/mol. The van der Waals surface area contributed by atoms with E-state index in [-0.39, 0.29) is 24.2 Å². The molecule has 1 N–H and O–H groups in total. The van der Waals surface area contributed by atoms with E-state index in [0.717, 1.165) is 11.3 Å². The number of aryl methyl sites for hydroxylation is 1. The van der Waals surface area contributed by atoms with Gasteiger partial charge >= 0.3 is 0 Å². The third kappa shape index (κ3) is 4.63. The van der Waals surface area contributed by atoms with Crippen LogP contribution in [-0.2, 0) is 11.8 Å². The molecule has 2 amide bonds. The molecule has 8 nitrogen and oxygen atoms in total. The van der Waals surface area contributed by atoms with E-state index in [9.17, 15) is 9.59 Å². The first-order chi connectivity index (χ1) is 13.0. The number of methoxy groups -OCH3 is 1. The molecule has 1 fully saturated rings. The monoisotopic (exact) mass is 407 g/mol. The van der Waals surface area contributed by atoms with Crippen LogP contribution in [0.5, 0.6) is 5.75 Å². The van der Waals surface area contributed by atoms with Crippen molar-refractivity contribution in [2.75, 3.05) is 40.3 Å². The van der Waals surface area contributed by atoms with Gasteiger partial charge in [0.1, 0.15) is 11.8 Å². The van der Waals surface area contributed by atoms with Crippen molar-refractivity contribution in [2.45, 2.75) is 6.04 Å². The number of rotatable bonds is 5. The highest BCUT2D eigenvalue weighted by atomic mass is 35.5. The lowest BCUT2D eigenvalue weighted by atomic mass is 10.1. The van der Waals surface area contributed by atoms with Crippen molar-refractivity contribution in [2.24, 2.45) is 7.05 Å². The van der Waals surface area contributed by atoms with Crippen LogP contribution in [0.4, 0.5) is 0 Å². The van der Waals surface area contributed by atoms with Crippen molar-refractivity contribution in [1.29, 1.82) is 0 Å². The molecule has 3 rings (SSSR count). The second kappa shape index (κ2) is 9.57. The average Bonchev–Trinajstić information content (AvgIpc) is 3.14. The van der Waals surface area contributed by atoms with Gasteiger partial charge in [-0.15, -0.1) is 12.4 Å². The standard InChI is InChI=1S/C19H25N5O3.ClH/c1-20-17(15-12-21-22(2)13-15)19(26)24-10-8-23(9-11-24)18(25)14-4-6-16(27-3)7-5-14;/h4-7,12-13,17,20H,8-11H2,1-3H3;1H. The molecular weight excluding hydrogens is 382 g/mol. The molecule has 1 aliphatic heterocycles. The Bertz CT molecular complexity index is 800. The van der Waals surface area contributed by atoms with E-state index in [1.165, 1.54) is 0 Å². The zero-order valence-electron chi connectivity index (χ0n) is 16.3. The smallest absolute Gasteiger partial charge is 0.253 e. The van der Waals surface area contributed by atoms with Gasteiger partial charge in [0, 0.05) is 50.6 Å². The van der Waals surface area contributed by atoms with Crippen LogP contribution in [0, 0.1) is 0 Å². The van der Waals surface area contributed by atoms with Crippen LogP contribution in [0.25, 0.3) is 0 Å². The van der Waals surface area contributed by atoms with E-state index in [1.54, 1.807) is 59.1 Å². The molecule has 0 radical (unpaired) electrons. The normalized spacial score (nSPS) is 15.0. The Morgan fingerprint density at radius 2 is 1.71 bits per heavy atom. The van der Waals surface area contributed by atoms with Crippen molar-refractivity contribution in [3.63, 3.8) is 0 Å². The summed E-state index contributed by atoms with van der Waals surface area (Å²) in [7, 11) is 5.18. The maximum absolute atomic E-state index is 12.9. The average molecular weight is 408 g/mol. The molecule has 1 aliphatic rings. The molecule has 2 aromatic rings. The minimum Gasteiger partial charge on any atom is -0.497 e. The molecule has 152 valence electrons. The van der Waals surface area contributed by atoms with E-state index in [4.69, 9.17) is 4.74 Å². The van der Waals surface area contributed by atoms with Crippen LogP contribution >= 0.6 is 12.4 Å². The number of hydrogen-bond donors (Lipinski definition) is 1. The minimum absolute atomic E-state index is 0. The van der Waals surface area contributed by atoms with Gasteiger partial charge in [-0.2, -0.15) is 5.10 Å². The van der Waals surface area contributed by atoms with Crippen LogP contribution in [0.2, 0.25) is 0 Å². The third-order valence-corrected chi connectivity index (χ3v) is 4.81. The van der Waals surface area contributed by atoms with E-state index in [0.29, 0.717) is 31.7 Å². The van der Waals surface area contributed by atoms with E-state index < -0.39 is 6.04 Å². The van der Waals surface area contributed by atoms with Crippen LogP contribution in [0.1, 0.15) is 22.0 Å². The lowest BCUT2D eigenvalue weighted by molar-refractivity contribution is -0.135. The highest BCUT2D eigenvalue weighted by Gasteiger charge is 2.30. The van der Waals surface area contributed by atoms with Gasteiger partial charge in [0.05, 0.1) is 13.3 Å². The van der Waals surface area contributed by atoms with Crippen molar-refractivity contribution in [1.82, 2.24) is 24.9 Å². The number of amides is 2. The number of nitrogens with one attached hydrogen (secondary N) is 1. The summed E-state index contributed by atoms with van der Waals surface area (Å²) < 4.78 is 6.80. The van der Waals surface area contributed by atoms with Crippen molar-refractivity contribution >= 4 is 24.2 Å². The molecule has 1 atom stereocenters. The van der Waals surface area contributed by atoms with Crippen LogP contribution in [0.3, 0.4) is 0 Å². The first kappa shape index (κ1) is 21.7. The summed E-state index contributed by atoms with van der Waals surface area (Å²) >= 11 is 0. The van der Waals surface area contributed by atoms with Gasteiger partial charge in [0.15, 0.2) is 0 Å². The maximum atomic E-state index is 12.9. The fourth-order valence-electron chi connectivity index (χ4n) is 3.25. The molecular formula is C19H26ClN5O3. The largest absolute Gasteiger partial charge is 0.497 e. The third-order valence-electron chi connectivity index (χ3n) is 4.81. The number of hydrogen-bond acceptors (Lipinski definition) is 5. The van der Waals surface area contributed by atoms with Crippen molar-refractivity contribution < 1.29 is 14.3 Å².